The van der Waals surface area contributed by atoms with Gasteiger partial charge in [0.1, 0.15) is 17.2 Å². The third-order valence-corrected chi connectivity index (χ3v) is 4.02. The van der Waals surface area contributed by atoms with Gasteiger partial charge in [-0.3, -0.25) is 30.4 Å². The van der Waals surface area contributed by atoms with E-state index in [1.165, 1.54) is 12.4 Å². The minimum absolute atomic E-state index is 0.202. The van der Waals surface area contributed by atoms with Crippen LogP contribution in [-0.4, -0.2) is 26.8 Å². The summed E-state index contributed by atoms with van der Waals surface area (Å²) in [4.78, 5) is 35.3. The second kappa shape index (κ2) is 8.09. The van der Waals surface area contributed by atoms with Crippen LogP contribution < -0.4 is 10.9 Å². The maximum Gasteiger partial charge on any atom is 0.313 e. The molecule has 9 nitrogen and oxygen atoms in total. The van der Waals surface area contributed by atoms with Crippen LogP contribution in [0.5, 0.6) is 0 Å². The first-order chi connectivity index (χ1) is 14.2. The van der Waals surface area contributed by atoms with Gasteiger partial charge in [-0.1, -0.05) is 36.4 Å². The first-order valence-corrected chi connectivity index (χ1v) is 8.67. The molecule has 0 saturated heterocycles. The number of fused-ring (bicyclic) bond motifs is 1. The van der Waals surface area contributed by atoms with Gasteiger partial charge in [0.25, 0.3) is 5.91 Å². The highest BCUT2D eigenvalue weighted by molar-refractivity contribution is 6.02. The summed E-state index contributed by atoms with van der Waals surface area (Å²) in [7, 11) is 0. The van der Waals surface area contributed by atoms with E-state index in [0.717, 1.165) is 10.8 Å². The third-order valence-electron chi connectivity index (χ3n) is 4.02. The summed E-state index contributed by atoms with van der Waals surface area (Å²) >= 11 is 0. The van der Waals surface area contributed by atoms with Crippen molar-refractivity contribution < 1.29 is 9.59 Å². The fraction of sp³-hybridized carbons (Fsp3) is 0. The standard InChI is InChI=1S/C20H15N7O2/c28-19(15-9-3-5-11-21-15)26-24-17-13-7-1-2-8-14(13)18(23-17)25-27-20(29)16-10-4-6-12-22-16/h1-12,23-24H,(H,26,28). The molecule has 0 bridgehead atoms. The molecular formula is C20H15N7O2. The maximum atomic E-state index is 12.2. The number of nitrogens with zero attached hydrogens (tertiary/aromatic N) is 4. The average Bonchev–Trinajstić information content (AvgIpc) is 3.15. The van der Waals surface area contributed by atoms with Crippen molar-refractivity contribution in [2.24, 2.45) is 10.2 Å². The highest BCUT2D eigenvalue weighted by atomic mass is 16.2. The Bertz CT molecular complexity index is 1190. The van der Waals surface area contributed by atoms with Gasteiger partial charge in [0.2, 0.25) is 0 Å². The predicted octanol–water partition coefficient (Wildman–Crippen LogP) is 3.64. The Labute approximate surface area is 164 Å². The molecule has 0 unspecified atom stereocenters. The van der Waals surface area contributed by atoms with E-state index in [-0.39, 0.29) is 11.4 Å². The molecule has 29 heavy (non-hydrogen) atoms. The molecule has 0 aliphatic carbocycles. The van der Waals surface area contributed by atoms with Gasteiger partial charge in [-0.25, -0.2) is 0 Å². The van der Waals surface area contributed by atoms with Gasteiger partial charge in [-0.05, 0) is 24.3 Å². The normalized spacial score (nSPS) is 10.9. The second-order valence-electron chi connectivity index (χ2n) is 5.91. The zero-order valence-corrected chi connectivity index (χ0v) is 15.0. The SMILES string of the molecule is O=C(N=Nc1[nH]c(NNC(=O)c2ccccn2)c2ccccc12)c1ccccn1. The summed E-state index contributed by atoms with van der Waals surface area (Å²) in [5.74, 6) is -0.0661. The van der Waals surface area contributed by atoms with Crippen LogP contribution in [0.15, 0.2) is 83.3 Å². The van der Waals surface area contributed by atoms with Gasteiger partial charge < -0.3 is 4.98 Å². The Morgan fingerprint density at radius 3 is 2.17 bits per heavy atom. The molecule has 3 heterocycles. The Balaban J connectivity index is 1.56. The fourth-order valence-electron chi connectivity index (χ4n) is 2.65. The van der Waals surface area contributed by atoms with Gasteiger partial charge in [0.15, 0.2) is 5.82 Å². The minimum atomic E-state index is -0.553. The number of benzene rings is 1. The van der Waals surface area contributed by atoms with Crippen LogP contribution >= 0.6 is 0 Å². The number of hydrogen-bond donors (Lipinski definition) is 3. The van der Waals surface area contributed by atoms with E-state index in [2.05, 4.69) is 36.0 Å². The molecule has 0 atom stereocenters. The van der Waals surface area contributed by atoms with Crippen LogP contribution in [0.25, 0.3) is 10.8 Å². The van der Waals surface area contributed by atoms with Gasteiger partial charge in [-0.2, -0.15) is 0 Å². The third kappa shape index (κ3) is 3.98. The number of nitrogens with one attached hydrogen (secondary N) is 3. The summed E-state index contributed by atoms with van der Waals surface area (Å²) in [6.07, 6.45) is 3.05. The van der Waals surface area contributed by atoms with Crippen molar-refractivity contribution in [2.75, 3.05) is 5.43 Å². The number of carbonyl (C=O) groups excluding carboxylic acids is 2. The smallest absolute Gasteiger partial charge is 0.313 e. The van der Waals surface area contributed by atoms with Crippen LogP contribution in [0.2, 0.25) is 0 Å². The maximum absolute atomic E-state index is 12.2. The number of H-pyrrole nitrogens is 1. The molecule has 0 aliphatic heterocycles. The number of amides is 2. The molecule has 3 aromatic heterocycles. The Hall–Kier alpha value is -4.40. The van der Waals surface area contributed by atoms with E-state index in [1.54, 1.807) is 36.4 Å². The second-order valence-corrected chi connectivity index (χ2v) is 5.91. The number of carbonyl (C=O) groups is 2. The highest BCUT2D eigenvalue weighted by Crippen LogP contribution is 2.31. The zero-order chi connectivity index (χ0) is 20.1. The monoisotopic (exact) mass is 385 g/mol. The molecule has 1 aromatic carbocycles. The van der Waals surface area contributed by atoms with Crippen LogP contribution in [-0.2, 0) is 0 Å². The van der Waals surface area contributed by atoms with Crippen molar-refractivity contribution in [3.05, 3.63) is 84.4 Å². The van der Waals surface area contributed by atoms with E-state index in [4.69, 9.17) is 0 Å². The molecule has 0 spiro atoms. The van der Waals surface area contributed by atoms with Crippen molar-refractivity contribution in [1.29, 1.82) is 0 Å². The number of aromatic nitrogens is 3. The van der Waals surface area contributed by atoms with Crippen molar-refractivity contribution in [1.82, 2.24) is 20.4 Å². The lowest BCUT2D eigenvalue weighted by Crippen LogP contribution is -2.30. The van der Waals surface area contributed by atoms with Crippen LogP contribution in [0.1, 0.15) is 21.0 Å². The van der Waals surface area contributed by atoms with E-state index in [1.807, 2.05) is 24.3 Å². The molecule has 4 rings (SSSR count). The Morgan fingerprint density at radius 2 is 1.48 bits per heavy atom. The number of pyridine rings is 2. The molecule has 0 fully saturated rings. The summed E-state index contributed by atoms with van der Waals surface area (Å²) in [6, 6.07) is 17.4. The molecule has 0 saturated carbocycles. The summed E-state index contributed by atoms with van der Waals surface area (Å²) in [5.41, 5.74) is 5.89. The highest BCUT2D eigenvalue weighted by Gasteiger charge is 2.12. The van der Waals surface area contributed by atoms with Crippen molar-refractivity contribution in [3.63, 3.8) is 0 Å². The van der Waals surface area contributed by atoms with Crippen molar-refractivity contribution >= 4 is 34.2 Å². The van der Waals surface area contributed by atoms with Crippen LogP contribution in [0.3, 0.4) is 0 Å². The average molecular weight is 385 g/mol. The molecule has 9 heteroatoms. The van der Waals surface area contributed by atoms with Crippen LogP contribution in [0, 0.1) is 0 Å². The van der Waals surface area contributed by atoms with E-state index in [0.29, 0.717) is 11.6 Å². The molecule has 0 radical (unpaired) electrons. The number of hydrogen-bond acceptors (Lipinski definition) is 6. The first kappa shape index (κ1) is 18.0. The number of anilines is 1. The lowest BCUT2D eigenvalue weighted by molar-refractivity contribution is 0.0956. The van der Waals surface area contributed by atoms with E-state index >= 15 is 0 Å². The summed E-state index contributed by atoms with van der Waals surface area (Å²) < 4.78 is 0. The van der Waals surface area contributed by atoms with Gasteiger partial charge in [-0.15, -0.1) is 10.2 Å². The number of hydrazine groups is 1. The fourth-order valence-corrected chi connectivity index (χ4v) is 2.65. The summed E-state index contributed by atoms with van der Waals surface area (Å²) in [5, 5.41) is 9.28. The number of aromatic amines is 1. The van der Waals surface area contributed by atoms with Crippen molar-refractivity contribution in [2.45, 2.75) is 0 Å². The lowest BCUT2D eigenvalue weighted by Gasteiger charge is -2.06. The molecule has 142 valence electrons. The molecule has 2 amide bonds. The zero-order valence-electron chi connectivity index (χ0n) is 15.0. The Kier molecular flexibility index (Phi) is 5.02. The molecule has 4 aromatic rings. The van der Waals surface area contributed by atoms with Crippen molar-refractivity contribution in [3.8, 4) is 0 Å². The molecular weight excluding hydrogens is 370 g/mol. The first-order valence-electron chi connectivity index (χ1n) is 8.67. The minimum Gasteiger partial charge on any atom is -0.323 e. The quantitative estimate of drug-likeness (QED) is 0.357. The molecule has 0 aliphatic rings. The topological polar surface area (TPSA) is 124 Å². The molecule has 3 N–H and O–H groups in total. The summed E-state index contributed by atoms with van der Waals surface area (Å²) in [6.45, 7) is 0. The number of azo groups is 1. The van der Waals surface area contributed by atoms with Gasteiger partial charge in [0.05, 0.1) is 0 Å². The Morgan fingerprint density at radius 1 is 0.828 bits per heavy atom. The van der Waals surface area contributed by atoms with E-state index < -0.39 is 11.8 Å². The van der Waals surface area contributed by atoms with Gasteiger partial charge >= 0.3 is 5.91 Å². The number of rotatable bonds is 5. The van der Waals surface area contributed by atoms with Gasteiger partial charge in [0, 0.05) is 23.2 Å². The van der Waals surface area contributed by atoms with Crippen LogP contribution in [0.4, 0.5) is 11.6 Å². The lowest BCUT2D eigenvalue weighted by atomic mass is 10.2. The van der Waals surface area contributed by atoms with E-state index in [9.17, 15) is 9.59 Å². The largest absolute Gasteiger partial charge is 0.323 e. The predicted molar refractivity (Wildman–Crippen MR) is 107 cm³/mol.